The molecule has 0 N–H and O–H groups in total. The number of unbranched alkanes of at least 4 members (excludes halogenated alkanes) is 1. The van der Waals surface area contributed by atoms with Gasteiger partial charge in [0.05, 0.1) is 33.4 Å². The van der Waals surface area contributed by atoms with Crippen molar-refractivity contribution in [3.63, 3.8) is 0 Å². The Morgan fingerprint density at radius 1 is 0.511 bits per heavy atom. The van der Waals surface area contributed by atoms with Gasteiger partial charge in [-0.05, 0) is 30.7 Å². The van der Waals surface area contributed by atoms with Crippen LogP contribution in [0.4, 0.5) is 79.0 Å². The van der Waals surface area contributed by atoms with Gasteiger partial charge >= 0.3 is 49.0 Å². The van der Waals surface area contributed by atoms with E-state index in [4.69, 9.17) is 0 Å². The van der Waals surface area contributed by atoms with Crippen molar-refractivity contribution in [1.82, 2.24) is 0 Å². The SMILES string of the molecule is CCCCC(C(=O)Oc1c(C(F)(F)F)cc(C(F)(F)F)cc1C(F)(F)F)C(=O)Oc1c(C(F)(F)F)cc(C(F)(F)F)cc1C(F)(F)F. The third-order valence-electron chi connectivity index (χ3n) is 5.87. The van der Waals surface area contributed by atoms with E-state index in [-0.39, 0.29) is 6.42 Å². The molecule has 0 aromatic heterocycles. The number of benzene rings is 2. The van der Waals surface area contributed by atoms with Crippen LogP contribution in [0.3, 0.4) is 0 Å². The van der Waals surface area contributed by atoms with Crippen LogP contribution in [-0.4, -0.2) is 11.9 Å². The van der Waals surface area contributed by atoms with Crippen LogP contribution >= 0.6 is 0 Å². The predicted molar refractivity (Wildman–Crippen MR) is 117 cm³/mol. The zero-order valence-electron chi connectivity index (χ0n) is 22.4. The summed E-state index contributed by atoms with van der Waals surface area (Å²) in [5, 5.41) is 0. The third kappa shape index (κ3) is 9.58. The summed E-state index contributed by atoms with van der Waals surface area (Å²) in [6.45, 7) is 1.26. The maximum Gasteiger partial charge on any atom is 0.420 e. The van der Waals surface area contributed by atoms with Crippen molar-refractivity contribution in [2.45, 2.75) is 63.2 Å². The van der Waals surface area contributed by atoms with Crippen LogP contribution in [0.2, 0.25) is 0 Å². The van der Waals surface area contributed by atoms with Gasteiger partial charge in [0.2, 0.25) is 0 Å². The summed E-state index contributed by atoms with van der Waals surface area (Å²) < 4.78 is 250. The molecule has 0 saturated heterocycles. The van der Waals surface area contributed by atoms with Crippen LogP contribution in [-0.2, 0) is 46.6 Å². The number of rotatable bonds is 7. The molecule has 0 amide bonds. The van der Waals surface area contributed by atoms with Gasteiger partial charge in [0, 0.05) is 0 Å². The Morgan fingerprint density at radius 2 is 0.766 bits per heavy atom. The first-order valence-electron chi connectivity index (χ1n) is 12.1. The molecule has 0 atom stereocenters. The van der Waals surface area contributed by atoms with Crippen molar-refractivity contribution >= 4 is 11.9 Å². The molecule has 2 aromatic rings. The number of carbonyl (C=O) groups excluding carboxylic acids is 2. The van der Waals surface area contributed by atoms with Crippen molar-refractivity contribution in [2.24, 2.45) is 5.92 Å². The van der Waals surface area contributed by atoms with E-state index in [1.165, 1.54) is 6.92 Å². The number of halogens is 18. The number of carbonyl (C=O) groups is 2. The standard InChI is InChI=1S/C25H14F18O4/c1-2-3-4-11(18(44)46-16-12(22(32,33)34)5-9(20(26,27)28)6-13(16)23(35,36)37)19(45)47-17-14(24(38,39)40)7-10(21(29,30)31)8-15(17)25(41,42)43/h5-8,11H,2-4H2,1H3. The van der Waals surface area contributed by atoms with Crippen LogP contribution in [0, 0.1) is 5.92 Å². The predicted octanol–water partition coefficient (Wildman–Crippen LogP) is 10.1. The van der Waals surface area contributed by atoms with Gasteiger partial charge in [-0.1, -0.05) is 19.8 Å². The van der Waals surface area contributed by atoms with Crippen molar-refractivity contribution in [1.29, 1.82) is 0 Å². The van der Waals surface area contributed by atoms with Crippen LogP contribution in [0.5, 0.6) is 11.5 Å². The Kier molecular flexibility index (Phi) is 10.8. The lowest BCUT2D eigenvalue weighted by Gasteiger charge is -2.23. The molecule has 0 radical (unpaired) electrons. The normalized spacial score (nSPS) is 13.6. The molecule has 0 saturated carbocycles. The van der Waals surface area contributed by atoms with Crippen molar-refractivity contribution < 1.29 is 98.1 Å². The topological polar surface area (TPSA) is 52.6 Å². The molecule has 0 fully saturated rings. The molecule has 0 bridgehead atoms. The zero-order chi connectivity index (χ0) is 36.7. The summed E-state index contributed by atoms with van der Waals surface area (Å²) in [5.74, 6) is -13.5. The highest BCUT2D eigenvalue weighted by Crippen LogP contribution is 2.49. The van der Waals surface area contributed by atoms with Gasteiger partial charge in [0.25, 0.3) is 0 Å². The first kappa shape index (κ1) is 39.3. The lowest BCUT2D eigenvalue weighted by atomic mass is 10.00. The molecule has 0 aliphatic carbocycles. The molecule has 4 nitrogen and oxygen atoms in total. The average Bonchev–Trinajstić information content (AvgIpc) is 2.85. The van der Waals surface area contributed by atoms with Crippen LogP contribution in [0.15, 0.2) is 24.3 Å². The Bertz CT molecular complexity index is 1300. The molecule has 0 aliphatic heterocycles. The van der Waals surface area contributed by atoms with Gasteiger partial charge in [-0.25, -0.2) is 0 Å². The summed E-state index contributed by atoms with van der Waals surface area (Å²) in [7, 11) is 0. The Hall–Kier alpha value is -3.88. The molecule has 22 heteroatoms. The minimum absolute atomic E-state index is 0.124. The first-order valence-corrected chi connectivity index (χ1v) is 12.1. The minimum Gasteiger partial charge on any atom is -0.425 e. The van der Waals surface area contributed by atoms with Gasteiger partial charge < -0.3 is 9.47 Å². The van der Waals surface area contributed by atoms with Gasteiger partial charge in [-0.2, -0.15) is 79.0 Å². The van der Waals surface area contributed by atoms with E-state index in [0.29, 0.717) is 0 Å². The fourth-order valence-electron chi connectivity index (χ4n) is 3.73. The van der Waals surface area contributed by atoms with E-state index in [9.17, 15) is 88.6 Å². The van der Waals surface area contributed by atoms with Crippen LogP contribution in [0.25, 0.3) is 0 Å². The van der Waals surface area contributed by atoms with E-state index < -0.39 is 137 Å². The van der Waals surface area contributed by atoms with E-state index >= 15 is 0 Å². The molecule has 0 unspecified atom stereocenters. The van der Waals surface area contributed by atoms with Crippen molar-refractivity contribution in [3.8, 4) is 11.5 Å². The van der Waals surface area contributed by atoms with Gasteiger partial charge in [-0.15, -0.1) is 0 Å². The van der Waals surface area contributed by atoms with E-state index in [2.05, 4.69) is 9.47 Å². The van der Waals surface area contributed by atoms with Gasteiger partial charge in [-0.3, -0.25) is 9.59 Å². The molecular weight excluding hydrogens is 706 g/mol. The number of esters is 2. The lowest BCUT2D eigenvalue weighted by Crippen LogP contribution is -2.34. The fraction of sp³-hybridized carbons (Fsp3) is 0.440. The molecule has 0 aliphatic rings. The summed E-state index contributed by atoms with van der Waals surface area (Å²) in [4.78, 5) is 25.5. The van der Waals surface area contributed by atoms with E-state index in [0.717, 1.165) is 0 Å². The second-order valence-electron chi connectivity index (χ2n) is 9.32. The smallest absolute Gasteiger partial charge is 0.420 e. The number of alkyl halides is 18. The molecule has 0 heterocycles. The monoisotopic (exact) mass is 720 g/mol. The van der Waals surface area contributed by atoms with Crippen LogP contribution in [0.1, 0.15) is 59.6 Å². The lowest BCUT2D eigenvalue weighted by molar-refractivity contribution is -0.156. The van der Waals surface area contributed by atoms with Gasteiger partial charge in [0.15, 0.2) is 17.4 Å². The van der Waals surface area contributed by atoms with E-state index in [1.54, 1.807) is 0 Å². The maximum absolute atomic E-state index is 13.6. The largest absolute Gasteiger partial charge is 0.425 e. The number of hydrogen-bond acceptors (Lipinski definition) is 4. The highest BCUT2D eigenvalue weighted by Gasteiger charge is 2.49. The average molecular weight is 720 g/mol. The minimum atomic E-state index is -6.14. The molecular formula is C25H14F18O4. The third-order valence-corrected chi connectivity index (χ3v) is 5.87. The summed E-state index contributed by atoms with van der Waals surface area (Å²) in [6, 6.07) is -3.65. The molecule has 264 valence electrons. The van der Waals surface area contributed by atoms with Crippen molar-refractivity contribution in [3.05, 3.63) is 57.6 Å². The van der Waals surface area contributed by atoms with Crippen LogP contribution < -0.4 is 9.47 Å². The Balaban J connectivity index is 2.79. The van der Waals surface area contributed by atoms with Crippen molar-refractivity contribution in [2.75, 3.05) is 0 Å². The number of ether oxygens (including phenoxy) is 2. The highest BCUT2D eigenvalue weighted by atomic mass is 19.4. The second kappa shape index (κ2) is 13.0. The van der Waals surface area contributed by atoms with E-state index in [1.807, 2.05) is 0 Å². The highest BCUT2D eigenvalue weighted by molar-refractivity contribution is 5.97. The van der Waals surface area contributed by atoms with Gasteiger partial charge in [0.1, 0.15) is 0 Å². The number of hydrogen-bond donors (Lipinski definition) is 0. The summed E-state index contributed by atoms with van der Waals surface area (Å²) in [6.07, 6.45) is -38.0. The Labute approximate surface area is 249 Å². The zero-order valence-corrected chi connectivity index (χ0v) is 22.4. The quantitative estimate of drug-likeness (QED) is 0.124. The molecule has 2 rings (SSSR count). The first-order chi connectivity index (χ1) is 20.9. The summed E-state index contributed by atoms with van der Waals surface area (Å²) >= 11 is 0. The Morgan fingerprint density at radius 3 is 0.957 bits per heavy atom. The fourth-order valence-corrected chi connectivity index (χ4v) is 3.73. The molecule has 2 aromatic carbocycles. The molecule has 47 heavy (non-hydrogen) atoms. The summed E-state index contributed by atoms with van der Waals surface area (Å²) in [5.41, 5.74) is -16.6. The molecule has 0 spiro atoms. The maximum atomic E-state index is 13.6. The second-order valence-corrected chi connectivity index (χ2v) is 9.32.